The molecule has 0 atom stereocenters. The van der Waals surface area contributed by atoms with Crippen LogP contribution in [0.4, 0.5) is 0 Å². The van der Waals surface area contributed by atoms with Crippen LogP contribution in [-0.2, 0) is 19.6 Å². The van der Waals surface area contributed by atoms with Gasteiger partial charge < -0.3 is 4.74 Å². The molecule has 1 saturated carbocycles. The number of esters is 1. The van der Waals surface area contributed by atoms with Crippen LogP contribution in [0.15, 0.2) is 0 Å². The molecule has 16 heavy (non-hydrogen) atoms. The van der Waals surface area contributed by atoms with E-state index in [1.54, 1.807) is 0 Å². The molecule has 0 radical (unpaired) electrons. The minimum atomic E-state index is -3.13. The number of methoxy groups -OCH3 is 1. The van der Waals surface area contributed by atoms with Gasteiger partial charge in [0.25, 0.3) is 0 Å². The first-order chi connectivity index (χ1) is 7.48. The summed E-state index contributed by atoms with van der Waals surface area (Å²) in [5.74, 6) is 0.115. The Morgan fingerprint density at radius 3 is 2.31 bits per heavy atom. The largest absolute Gasteiger partial charge is 0.469 e. The second-order valence-electron chi connectivity index (χ2n) is 4.23. The van der Waals surface area contributed by atoms with Gasteiger partial charge in [-0.25, -0.2) is 13.1 Å². The third-order valence-corrected chi connectivity index (χ3v) is 4.68. The molecule has 0 heterocycles. The van der Waals surface area contributed by atoms with E-state index in [0.29, 0.717) is 0 Å². The third kappa shape index (κ3) is 3.75. The van der Waals surface area contributed by atoms with E-state index in [1.165, 1.54) is 14.2 Å². The predicted octanol–water partition coefficient (Wildman–Crippen LogP) is 0.515. The number of rotatable bonds is 4. The van der Waals surface area contributed by atoms with E-state index in [9.17, 15) is 13.2 Å². The van der Waals surface area contributed by atoms with Crippen molar-refractivity contribution in [1.29, 1.82) is 0 Å². The topological polar surface area (TPSA) is 72.5 Å². The molecule has 0 spiro atoms. The van der Waals surface area contributed by atoms with Gasteiger partial charge in [-0.1, -0.05) is 0 Å². The van der Waals surface area contributed by atoms with Crippen molar-refractivity contribution in [2.24, 2.45) is 11.8 Å². The summed E-state index contributed by atoms with van der Waals surface area (Å²) in [6, 6.07) is 0. The van der Waals surface area contributed by atoms with Crippen molar-refractivity contribution < 1.29 is 17.9 Å². The summed E-state index contributed by atoms with van der Waals surface area (Å²) in [5.41, 5.74) is 0. The molecule has 0 bridgehead atoms. The van der Waals surface area contributed by atoms with E-state index in [0.717, 1.165) is 25.7 Å². The summed E-state index contributed by atoms with van der Waals surface area (Å²) in [5, 5.41) is 0. The maximum Gasteiger partial charge on any atom is 0.308 e. The van der Waals surface area contributed by atoms with Gasteiger partial charge in [-0.05, 0) is 38.6 Å². The van der Waals surface area contributed by atoms with Crippen molar-refractivity contribution >= 4 is 16.0 Å². The fourth-order valence-electron chi connectivity index (χ4n) is 2.13. The highest BCUT2D eigenvalue weighted by atomic mass is 32.2. The molecule has 1 aliphatic carbocycles. The monoisotopic (exact) mass is 249 g/mol. The molecule has 1 rings (SSSR count). The highest BCUT2D eigenvalue weighted by Gasteiger charge is 2.28. The normalized spacial score (nSPS) is 26.4. The van der Waals surface area contributed by atoms with Crippen molar-refractivity contribution in [3.05, 3.63) is 0 Å². The average molecular weight is 249 g/mol. The molecular formula is C10H19NO4S. The highest BCUT2D eigenvalue weighted by Crippen LogP contribution is 2.30. The number of nitrogens with one attached hydrogen (secondary N) is 1. The summed E-state index contributed by atoms with van der Waals surface area (Å²) in [7, 11) is -0.314. The number of hydrogen-bond donors (Lipinski definition) is 1. The zero-order valence-corrected chi connectivity index (χ0v) is 10.5. The maximum absolute atomic E-state index is 11.3. The average Bonchev–Trinajstić information content (AvgIpc) is 2.28. The fraction of sp³-hybridized carbons (Fsp3) is 0.900. The van der Waals surface area contributed by atoms with Gasteiger partial charge in [0.1, 0.15) is 0 Å². The highest BCUT2D eigenvalue weighted by molar-refractivity contribution is 7.89. The van der Waals surface area contributed by atoms with Crippen molar-refractivity contribution in [2.75, 3.05) is 19.9 Å². The summed E-state index contributed by atoms with van der Waals surface area (Å²) >= 11 is 0. The van der Waals surface area contributed by atoms with Crippen molar-refractivity contribution in [3.8, 4) is 0 Å². The molecule has 5 nitrogen and oxygen atoms in total. The number of carbonyl (C=O) groups is 1. The van der Waals surface area contributed by atoms with Crippen LogP contribution in [-0.4, -0.2) is 34.3 Å². The predicted molar refractivity (Wildman–Crippen MR) is 60.3 cm³/mol. The summed E-state index contributed by atoms with van der Waals surface area (Å²) in [6.45, 7) is 0. The van der Waals surface area contributed by atoms with Crippen LogP contribution in [0.25, 0.3) is 0 Å². The smallest absolute Gasteiger partial charge is 0.308 e. The van der Waals surface area contributed by atoms with E-state index in [2.05, 4.69) is 9.46 Å². The van der Waals surface area contributed by atoms with Crippen LogP contribution in [0.3, 0.4) is 0 Å². The lowest BCUT2D eigenvalue weighted by atomic mass is 9.83. The van der Waals surface area contributed by atoms with E-state index < -0.39 is 10.0 Å². The minimum absolute atomic E-state index is 0.0430. The summed E-state index contributed by atoms with van der Waals surface area (Å²) in [6.07, 6.45) is 3.02. The first-order valence-corrected chi connectivity index (χ1v) is 7.12. The maximum atomic E-state index is 11.3. The van der Waals surface area contributed by atoms with E-state index in [4.69, 9.17) is 0 Å². The zero-order valence-electron chi connectivity index (χ0n) is 9.73. The Balaban J connectivity index is 2.41. The number of hydrogen-bond acceptors (Lipinski definition) is 4. The van der Waals surface area contributed by atoms with E-state index in [1.807, 2.05) is 0 Å². The summed E-state index contributed by atoms with van der Waals surface area (Å²) in [4.78, 5) is 11.3. The van der Waals surface area contributed by atoms with Crippen LogP contribution in [0.2, 0.25) is 0 Å². The Morgan fingerprint density at radius 2 is 1.88 bits per heavy atom. The van der Waals surface area contributed by atoms with Crippen LogP contribution in [0.5, 0.6) is 0 Å². The third-order valence-electron chi connectivity index (χ3n) is 3.15. The second-order valence-corrected chi connectivity index (χ2v) is 6.20. The molecule has 0 aliphatic heterocycles. The van der Waals surface area contributed by atoms with Crippen LogP contribution in [0, 0.1) is 11.8 Å². The minimum Gasteiger partial charge on any atom is -0.469 e. The van der Waals surface area contributed by atoms with Crippen LogP contribution < -0.4 is 4.72 Å². The molecule has 94 valence electrons. The molecule has 1 fully saturated rings. The van der Waals surface area contributed by atoms with Gasteiger partial charge in [0.05, 0.1) is 18.8 Å². The first kappa shape index (κ1) is 13.4. The Labute approximate surface area is 96.6 Å². The van der Waals surface area contributed by atoms with Crippen LogP contribution >= 0.6 is 0 Å². The van der Waals surface area contributed by atoms with Crippen molar-refractivity contribution in [2.45, 2.75) is 25.7 Å². The zero-order chi connectivity index (χ0) is 12.2. The van der Waals surface area contributed by atoms with Gasteiger partial charge in [0, 0.05) is 0 Å². The molecule has 6 heteroatoms. The molecule has 0 aromatic carbocycles. The molecule has 0 aromatic rings. The van der Waals surface area contributed by atoms with E-state index in [-0.39, 0.29) is 23.6 Å². The van der Waals surface area contributed by atoms with E-state index >= 15 is 0 Å². The molecule has 1 aliphatic rings. The number of sulfonamides is 1. The van der Waals surface area contributed by atoms with Gasteiger partial charge in [-0.2, -0.15) is 0 Å². The van der Waals surface area contributed by atoms with Gasteiger partial charge in [0.15, 0.2) is 0 Å². The Bertz CT molecular complexity index is 331. The molecular weight excluding hydrogens is 230 g/mol. The Hall–Kier alpha value is -0.620. The number of carbonyl (C=O) groups excluding carboxylic acids is 1. The van der Waals surface area contributed by atoms with Gasteiger partial charge in [-0.3, -0.25) is 4.79 Å². The molecule has 0 unspecified atom stereocenters. The van der Waals surface area contributed by atoms with Gasteiger partial charge in [-0.15, -0.1) is 0 Å². The molecule has 0 aromatic heterocycles. The number of ether oxygens (including phenoxy) is 1. The Kier molecular flexibility index (Phi) is 4.73. The quantitative estimate of drug-likeness (QED) is 0.737. The fourth-order valence-corrected chi connectivity index (χ4v) is 3.25. The Morgan fingerprint density at radius 1 is 1.31 bits per heavy atom. The van der Waals surface area contributed by atoms with Gasteiger partial charge in [0.2, 0.25) is 10.0 Å². The lowest BCUT2D eigenvalue weighted by Crippen LogP contribution is -2.30. The lowest BCUT2D eigenvalue weighted by molar-refractivity contribution is -0.146. The molecule has 0 amide bonds. The second kappa shape index (κ2) is 5.63. The van der Waals surface area contributed by atoms with Crippen LogP contribution in [0.1, 0.15) is 25.7 Å². The molecule has 1 N–H and O–H groups in total. The SMILES string of the molecule is CNS(=O)(=O)C[C@H]1CC[C@H](C(=O)OC)CC1. The van der Waals surface area contributed by atoms with Gasteiger partial charge >= 0.3 is 5.97 Å². The first-order valence-electron chi connectivity index (χ1n) is 5.47. The standard InChI is InChI=1S/C10H19NO4S/c1-11-16(13,14)7-8-3-5-9(6-4-8)10(12)15-2/h8-9,11H,3-7H2,1-2H3/t8-,9-. The molecule has 0 saturated heterocycles. The van der Waals surface area contributed by atoms with Crippen molar-refractivity contribution in [3.63, 3.8) is 0 Å². The van der Waals surface area contributed by atoms with Crippen molar-refractivity contribution in [1.82, 2.24) is 4.72 Å². The summed E-state index contributed by atoms with van der Waals surface area (Å²) < 4.78 is 29.7. The lowest BCUT2D eigenvalue weighted by Gasteiger charge is -2.26.